The Hall–Kier alpha value is -2.69. The number of nitrogens with zero attached hydrogens (tertiary/aromatic N) is 1. The minimum Gasteiger partial charge on any atom is -0.426 e. The minimum atomic E-state index is -0.683. The van der Waals surface area contributed by atoms with Gasteiger partial charge in [0, 0.05) is 18.7 Å². The summed E-state index contributed by atoms with van der Waals surface area (Å²) >= 11 is 0. The van der Waals surface area contributed by atoms with Gasteiger partial charge in [0.1, 0.15) is 11.6 Å². The highest BCUT2D eigenvalue weighted by atomic mass is 19.1. The van der Waals surface area contributed by atoms with Gasteiger partial charge < -0.3 is 9.64 Å². The van der Waals surface area contributed by atoms with Gasteiger partial charge in [-0.15, -0.1) is 0 Å². The van der Waals surface area contributed by atoms with Gasteiger partial charge in [0.2, 0.25) is 5.91 Å². The highest BCUT2D eigenvalue weighted by molar-refractivity contribution is 5.95. The van der Waals surface area contributed by atoms with Crippen LogP contribution in [0.4, 0.5) is 10.1 Å². The number of carbonyl (C=O) groups excluding carboxylic acids is 2. The van der Waals surface area contributed by atoms with Crippen molar-refractivity contribution < 1.29 is 18.7 Å². The lowest BCUT2D eigenvalue weighted by Crippen LogP contribution is -2.45. The molecular weight excluding hydrogens is 333 g/mol. The van der Waals surface area contributed by atoms with Crippen molar-refractivity contribution in [2.45, 2.75) is 37.5 Å². The van der Waals surface area contributed by atoms with Crippen LogP contribution in [0.5, 0.6) is 5.75 Å². The maximum absolute atomic E-state index is 13.2. The summed E-state index contributed by atoms with van der Waals surface area (Å²) in [4.78, 5) is 26.4. The van der Waals surface area contributed by atoms with Gasteiger partial charge in [-0.3, -0.25) is 9.59 Å². The van der Waals surface area contributed by atoms with Crippen LogP contribution in [0.1, 0.15) is 37.7 Å². The predicted octanol–water partition coefficient (Wildman–Crippen LogP) is 3.98. The number of halogens is 1. The minimum absolute atomic E-state index is 0.125. The molecule has 1 aliphatic carbocycles. The molecule has 0 spiro atoms. The number of anilines is 1. The quantitative estimate of drug-likeness (QED) is 0.617. The Morgan fingerprint density at radius 2 is 1.69 bits per heavy atom. The molecule has 2 fully saturated rings. The maximum atomic E-state index is 13.2. The van der Waals surface area contributed by atoms with E-state index in [1.54, 1.807) is 41.3 Å². The number of rotatable bonds is 4. The number of benzene rings is 2. The van der Waals surface area contributed by atoms with Crippen molar-refractivity contribution >= 4 is 17.6 Å². The largest absolute Gasteiger partial charge is 0.426 e. The Kier molecular flexibility index (Phi) is 4.23. The zero-order valence-corrected chi connectivity index (χ0v) is 14.4. The van der Waals surface area contributed by atoms with E-state index in [9.17, 15) is 14.0 Å². The third-order valence-electron chi connectivity index (χ3n) is 5.43. The average Bonchev–Trinajstić information content (AvgIpc) is 3.02. The van der Waals surface area contributed by atoms with Crippen LogP contribution in [0.15, 0.2) is 48.5 Å². The van der Waals surface area contributed by atoms with E-state index in [4.69, 9.17) is 4.74 Å². The molecule has 1 heterocycles. The Morgan fingerprint density at radius 1 is 1.00 bits per heavy atom. The molecule has 0 N–H and O–H groups in total. The fourth-order valence-electron chi connectivity index (χ4n) is 3.73. The number of ether oxygens (including phenoxy) is 1. The Labute approximate surface area is 151 Å². The van der Waals surface area contributed by atoms with Crippen LogP contribution < -0.4 is 9.64 Å². The van der Waals surface area contributed by atoms with E-state index < -0.39 is 5.41 Å². The lowest BCUT2D eigenvalue weighted by atomic mass is 9.64. The monoisotopic (exact) mass is 353 g/mol. The normalized spacial score (nSPS) is 18.5. The first kappa shape index (κ1) is 16.8. The van der Waals surface area contributed by atoms with Crippen molar-refractivity contribution in [2.75, 3.05) is 11.4 Å². The summed E-state index contributed by atoms with van der Waals surface area (Å²) in [5, 5.41) is 0. The summed E-state index contributed by atoms with van der Waals surface area (Å²) in [7, 11) is 0. The van der Waals surface area contributed by atoms with Gasteiger partial charge in [-0.1, -0.05) is 18.6 Å². The number of carbonyl (C=O) groups is 2. The molecule has 4 nitrogen and oxygen atoms in total. The molecule has 1 amide bonds. The van der Waals surface area contributed by atoms with Crippen LogP contribution in [-0.4, -0.2) is 18.4 Å². The molecule has 4 rings (SSSR count). The third kappa shape index (κ3) is 2.87. The number of esters is 1. The Bertz CT molecular complexity index is 825. The highest BCUT2D eigenvalue weighted by Crippen LogP contribution is 2.45. The van der Waals surface area contributed by atoms with E-state index in [0.717, 1.165) is 30.6 Å². The smallest absolute Gasteiger partial charge is 0.321 e. The van der Waals surface area contributed by atoms with Gasteiger partial charge in [0.15, 0.2) is 0 Å². The summed E-state index contributed by atoms with van der Waals surface area (Å²) in [5.74, 6) is -0.0396. The first-order valence-electron chi connectivity index (χ1n) is 8.97. The molecule has 26 heavy (non-hydrogen) atoms. The van der Waals surface area contributed by atoms with Crippen LogP contribution in [0.2, 0.25) is 0 Å². The van der Waals surface area contributed by atoms with Crippen molar-refractivity contribution in [3.63, 3.8) is 0 Å². The number of hydrogen-bond acceptors (Lipinski definition) is 3. The van der Waals surface area contributed by atoms with Crippen LogP contribution in [0.3, 0.4) is 0 Å². The molecule has 2 aromatic carbocycles. The molecule has 0 atom stereocenters. The lowest BCUT2D eigenvalue weighted by molar-refractivity contribution is -0.144. The van der Waals surface area contributed by atoms with Crippen LogP contribution in [-0.2, 0) is 15.0 Å². The van der Waals surface area contributed by atoms with E-state index in [1.807, 2.05) is 0 Å². The number of amides is 1. The fraction of sp³-hybridized carbons (Fsp3) is 0.333. The summed E-state index contributed by atoms with van der Waals surface area (Å²) in [6, 6.07) is 13.1. The van der Waals surface area contributed by atoms with E-state index in [2.05, 4.69) is 0 Å². The zero-order chi connectivity index (χ0) is 18.1. The molecule has 1 saturated heterocycles. The SMILES string of the molecule is O=C1CCCN1c1ccc(OC(=O)C2(c3ccc(F)cc3)CCC2)cc1. The Morgan fingerprint density at radius 3 is 2.23 bits per heavy atom. The first-order chi connectivity index (χ1) is 12.6. The molecule has 134 valence electrons. The lowest BCUT2D eigenvalue weighted by Gasteiger charge is -2.39. The second-order valence-corrected chi connectivity index (χ2v) is 6.97. The van der Waals surface area contributed by atoms with Crippen molar-refractivity contribution in [2.24, 2.45) is 0 Å². The average molecular weight is 353 g/mol. The van der Waals surface area contributed by atoms with Gasteiger partial charge >= 0.3 is 5.97 Å². The molecule has 5 heteroatoms. The summed E-state index contributed by atoms with van der Waals surface area (Å²) < 4.78 is 18.8. The molecular formula is C21H20FNO3. The Balaban J connectivity index is 1.50. The van der Waals surface area contributed by atoms with E-state index in [0.29, 0.717) is 25.0 Å². The van der Waals surface area contributed by atoms with Crippen LogP contribution in [0.25, 0.3) is 0 Å². The summed E-state index contributed by atoms with van der Waals surface area (Å²) in [6.07, 6.45) is 3.81. The van der Waals surface area contributed by atoms with Gasteiger partial charge in [0.25, 0.3) is 0 Å². The first-order valence-corrected chi connectivity index (χ1v) is 8.97. The molecule has 2 aromatic rings. The summed E-state index contributed by atoms with van der Waals surface area (Å²) in [6.45, 7) is 0.728. The van der Waals surface area contributed by atoms with Crippen molar-refractivity contribution in [3.8, 4) is 5.75 Å². The van der Waals surface area contributed by atoms with Crippen molar-refractivity contribution in [1.29, 1.82) is 0 Å². The zero-order valence-electron chi connectivity index (χ0n) is 14.4. The van der Waals surface area contributed by atoms with Crippen LogP contribution in [0, 0.1) is 5.82 Å². The number of hydrogen-bond donors (Lipinski definition) is 0. The standard InChI is InChI=1S/C21H20FNO3/c22-16-6-4-15(5-7-16)21(12-2-13-21)20(25)26-18-10-8-17(9-11-18)23-14-1-3-19(23)24/h4-11H,1-3,12-14H2. The fourth-order valence-corrected chi connectivity index (χ4v) is 3.73. The van der Waals surface area contributed by atoms with Gasteiger partial charge in [-0.05, 0) is 61.2 Å². The molecule has 1 saturated carbocycles. The maximum Gasteiger partial charge on any atom is 0.321 e. The molecule has 0 bridgehead atoms. The van der Waals surface area contributed by atoms with Crippen molar-refractivity contribution in [1.82, 2.24) is 0 Å². The van der Waals surface area contributed by atoms with Crippen LogP contribution >= 0.6 is 0 Å². The predicted molar refractivity (Wildman–Crippen MR) is 95.6 cm³/mol. The second-order valence-electron chi connectivity index (χ2n) is 6.97. The van der Waals surface area contributed by atoms with Gasteiger partial charge in [-0.25, -0.2) is 4.39 Å². The molecule has 1 aliphatic heterocycles. The molecule has 0 radical (unpaired) electrons. The van der Waals surface area contributed by atoms with E-state index in [1.165, 1.54) is 12.1 Å². The molecule has 0 aromatic heterocycles. The molecule has 2 aliphatic rings. The summed E-state index contributed by atoms with van der Waals surface area (Å²) in [5.41, 5.74) is 0.940. The third-order valence-corrected chi connectivity index (χ3v) is 5.43. The van der Waals surface area contributed by atoms with E-state index >= 15 is 0 Å². The topological polar surface area (TPSA) is 46.6 Å². The van der Waals surface area contributed by atoms with E-state index in [-0.39, 0.29) is 17.7 Å². The molecule has 0 unspecified atom stereocenters. The van der Waals surface area contributed by atoms with Crippen molar-refractivity contribution in [3.05, 3.63) is 59.9 Å². The van der Waals surface area contributed by atoms with Gasteiger partial charge in [0.05, 0.1) is 5.41 Å². The highest BCUT2D eigenvalue weighted by Gasteiger charge is 2.47. The second kappa shape index (κ2) is 6.56. The van der Waals surface area contributed by atoms with Gasteiger partial charge in [-0.2, -0.15) is 0 Å².